The number of aryl methyl sites for hydroxylation is 1. The number of nitrogens with zero attached hydrogens (tertiary/aromatic N) is 2. The zero-order chi connectivity index (χ0) is 33.0. The van der Waals surface area contributed by atoms with E-state index in [4.69, 9.17) is 4.74 Å². The average molecular weight is 637 g/mol. The minimum absolute atomic E-state index is 0.0105. The molecule has 240 valence electrons. The molecule has 2 amide bonds. The fourth-order valence-corrected chi connectivity index (χ4v) is 5.67. The number of carbonyl (C=O) groups excluding carboxylic acids is 2. The Morgan fingerprint density at radius 2 is 1.80 bits per heavy atom. The van der Waals surface area contributed by atoms with Crippen molar-refractivity contribution in [2.45, 2.75) is 57.2 Å². The van der Waals surface area contributed by atoms with Gasteiger partial charge in [-0.3, -0.25) is 14.6 Å². The van der Waals surface area contributed by atoms with Crippen molar-refractivity contribution >= 4 is 28.4 Å². The van der Waals surface area contributed by atoms with Crippen LogP contribution in [0.5, 0.6) is 5.75 Å². The predicted molar refractivity (Wildman–Crippen MR) is 163 cm³/mol. The van der Waals surface area contributed by atoms with Crippen LogP contribution >= 0.6 is 0 Å². The first-order chi connectivity index (χ1) is 21.7. The van der Waals surface area contributed by atoms with E-state index in [9.17, 15) is 32.3 Å². The molecule has 1 aliphatic carbocycles. The van der Waals surface area contributed by atoms with Crippen LogP contribution in [0.3, 0.4) is 0 Å². The summed E-state index contributed by atoms with van der Waals surface area (Å²) in [6.07, 6.45) is -1.22. The molecule has 3 heterocycles. The fraction of sp³-hybridized carbons (Fsp3) is 0.353. The summed E-state index contributed by atoms with van der Waals surface area (Å²) in [7, 11) is 0. The zero-order valence-corrected chi connectivity index (χ0v) is 25.4. The Hall–Kier alpha value is -4.58. The van der Waals surface area contributed by atoms with Crippen molar-refractivity contribution < 1.29 is 37.0 Å². The molecule has 1 atom stereocenters. The number of hydrogen-bond acceptors (Lipinski definition) is 6. The van der Waals surface area contributed by atoms with E-state index in [2.05, 4.69) is 20.6 Å². The molecule has 0 radical (unpaired) electrons. The highest BCUT2D eigenvalue weighted by Gasteiger charge is 2.57. The van der Waals surface area contributed by atoms with Crippen LogP contribution in [-0.2, 0) is 15.8 Å². The topological polar surface area (TPSA) is 113 Å². The normalized spacial score (nSPS) is 17.0. The Morgan fingerprint density at radius 1 is 1.09 bits per heavy atom. The predicted octanol–water partition coefficient (Wildman–Crippen LogP) is 6.33. The number of benzene rings is 2. The molecular weight excluding hydrogens is 604 g/mol. The maximum Gasteiger partial charge on any atom is 0.424 e. The first-order valence-electron chi connectivity index (χ1n) is 14.9. The van der Waals surface area contributed by atoms with Gasteiger partial charge in [0.05, 0.1) is 30.0 Å². The summed E-state index contributed by atoms with van der Waals surface area (Å²) in [6, 6.07) is 10.8. The van der Waals surface area contributed by atoms with Crippen LogP contribution in [0.1, 0.15) is 60.3 Å². The monoisotopic (exact) mass is 636 g/mol. The van der Waals surface area contributed by atoms with Crippen molar-refractivity contribution in [3.8, 4) is 17.0 Å². The third-order valence-electron chi connectivity index (χ3n) is 8.71. The lowest BCUT2D eigenvalue weighted by Crippen LogP contribution is -2.51. The third kappa shape index (κ3) is 5.66. The molecule has 0 spiro atoms. The Bertz CT molecular complexity index is 1860. The number of fused-ring (bicyclic) bond motifs is 2. The second-order valence-electron chi connectivity index (χ2n) is 12.7. The number of alkyl halides is 3. The smallest absolute Gasteiger partial charge is 0.424 e. The summed E-state index contributed by atoms with van der Waals surface area (Å²) < 4.78 is 63.8. The number of pyridine rings is 2. The third-order valence-corrected chi connectivity index (χ3v) is 8.71. The largest absolute Gasteiger partial charge is 0.490 e. The highest BCUT2D eigenvalue weighted by molar-refractivity contribution is 6.06. The molecule has 12 heteroatoms. The molecule has 0 saturated heterocycles. The second kappa shape index (κ2) is 11.3. The van der Waals surface area contributed by atoms with Crippen LogP contribution in [0.4, 0.5) is 23.2 Å². The van der Waals surface area contributed by atoms with Gasteiger partial charge in [0, 0.05) is 39.6 Å². The van der Waals surface area contributed by atoms with Gasteiger partial charge in [0.2, 0.25) is 11.5 Å². The minimum atomic E-state index is -5.27. The lowest BCUT2D eigenvalue weighted by Gasteiger charge is -2.31. The molecule has 2 aromatic carbocycles. The van der Waals surface area contributed by atoms with E-state index in [1.54, 1.807) is 33.0 Å². The van der Waals surface area contributed by atoms with E-state index in [1.165, 1.54) is 24.3 Å². The zero-order valence-electron chi connectivity index (χ0n) is 25.4. The van der Waals surface area contributed by atoms with E-state index >= 15 is 0 Å². The SMILES string of the molecule is Cc1cnc2c(NC(=O)C3CCC3)cc(C(=O)NC[C@](O)(c3cc4c(c(-c5ccc(F)cc5)n3)OCC4(C)C)C(F)(F)F)cc2c1. The van der Waals surface area contributed by atoms with Gasteiger partial charge in [-0.25, -0.2) is 9.37 Å². The van der Waals surface area contributed by atoms with Gasteiger partial charge in [0.1, 0.15) is 17.3 Å². The summed E-state index contributed by atoms with van der Waals surface area (Å²) >= 11 is 0. The summed E-state index contributed by atoms with van der Waals surface area (Å²) in [6.45, 7) is 4.25. The van der Waals surface area contributed by atoms with Crippen molar-refractivity contribution in [3.63, 3.8) is 0 Å². The summed E-state index contributed by atoms with van der Waals surface area (Å²) in [5, 5.41) is 16.9. The highest BCUT2D eigenvalue weighted by Crippen LogP contribution is 2.47. The number of ether oxygens (including phenoxy) is 1. The number of aromatic nitrogens is 2. The van der Waals surface area contributed by atoms with Crippen LogP contribution in [0.15, 0.2) is 54.7 Å². The quantitative estimate of drug-likeness (QED) is 0.204. The van der Waals surface area contributed by atoms with Gasteiger partial charge in [-0.15, -0.1) is 0 Å². The van der Waals surface area contributed by atoms with Crippen molar-refractivity contribution in [3.05, 3.63) is 82.9 Å². The lowest BCUT2D eigenvalue weighted by molar-refractivity contribution is -0.265. The van der Waals surface area contributed by atoms with Gasteiger partial charge in [-0.1, -0.05) is 20.3 Å². The highest BCUT2D eigenvalue weighted by atomic mass is 19.4. The molecule has 3 N–H and O–H groups in total. The average Bonchev–Trinajstić information content (AvgIpc) is 3.28. The number of hydrogen-bond donors (Lipinski definition) is 3. The van der Waals surface area contributed by atoms with E-state index in [-0.39, 0.29) is 41.1 Å². The molecule has 2 aromatic heterocycles. The van der Waals surface area contributed by atoms with Crippen LogP contribution in [0.2, 0.25) is 0 Å². The number of nitrogens with one attached hydrogen (secondary N) is 2. The van der Waals surface area contributed by atoms with E-state index < -0.39 is 41.2 Å². The number of halogens is 4. The molecule has 2 aliphatic rings. The van der Waals surface area contributed by atoms with Gasteiger partial charge in [-0.05, 0) is 73.9 Å². The van der Waals surface area contributed by atoms with E-state index in [0.29, 0.717) is 22.0 Å². The molecule has 8 nitrogen and oxygen atoms in total. The Labute approximate surface area is 262 Å². The number of rotatable bonds is 7. The van der Waals surface area contributed by atoms with Crippen molar-refractivity contribution in [2.24, 2.45) is 5.92 Å². The molecule has 46 heavy (non-hydrogen) atoms. The van der Waals surface area contributed by atoms with Crippen molar-refractivity contribution in [1.82, 2.24) is 15.3 Å². The standard InChI is InChI=1S/C34H32F4N4O4/c1-18-11-21-12-22(13-25(27(21)39-15-18)41-31(44)20-5-4-6-20)30(43)40-16-33(45,34(36,37)38)26-14-24-29(46-17-32(24,2)3)28(42-26)19-7-9-23(35)10-8-19/h7-15,20,45H,4-6,16-17H2,1-3H3,(H,40,43)(H,41,44)/t33-/m0/s1. The Morgan fingerprint density at radius 3 is 2.46 bits per heavy atom. The van der Waals surface area contributed by atoms with Gasteiger partial charge in [0.15, 0.2) is 0 Å². The molecule has 4 aromatic rings. The lowest BCUT2D eigenvalue weighted by atomic mass is 9.84. The van der Waals surface area contributed by atoms with Crippen LogP contribution in [0, 0.1) is 18.7 Å². The molecule has 0 bridgehead atoms. The maximum absolute atomic E-state index is 14.8. The summed E-state index contributed by atoms with van der Waals surface area (Å²) in [4.78, 5) is 34.8. The molecule has 6 rings (SSSR count). The minimum Gasteiger partial charge on any atom is -0.490 e. The van der Waals surface area contributed by atoms with E-state index in [0.717, 1.165) is 43.0 Å². The number of carbonyl (C=O) groups is 2. The Kier molecular flexibility index (Phi) is 7.74. The van der Waals surface area contributed by atoms with Crippen LogP contribution in [-0.4, -0.2) is 46.2 Å². The second-order valence-corrected chi connectivity index (χ2v) is 12.7. The van der Waals surface area contributed by atoms with Crippen molar-refractivity contribution in [1.29, 1.82) is 0 Å². The molecule has 1 aliphatic heterocycles. The van der Waals surface area contributed by atoms with E-state index in [1.807, 2.05) is 0 Å². The first kappa shape index (κ1) is 31.4. The summed E-state index contributed by atoms with van der Waals surface area (Å²) in [5.74, 6) is -1.59. The molecule has 1 fully saturated rings. The van der Waals surface area contributed by atoms with Crippen LogP contribution < -0.4 is 15.4 Å². The fourth-order valence-electron chi connectivity index (χ4n) is 5.67. The molecule has 1 saturated carbocycles. The maximum atomic E-state index is 14.8. The van der Waals surface area contributed by atoms with Gasteiger partial charge in [0.25, 0.3) is 5.91 Å². The number of amides is 2. The van der Waals surface area contributed by atoms with Gasteiger partial charge >= 0.3 is 6.18 Å². The van der Waals surface area contributed by atoms with Gasteiger partial charge < -0.3 is 20.5 Å². The Balaban J connectivity index is 1.36. The molecular formula is C34H32F4N4O4. The van der Waals surface area contributed by atoms with Crippen molar-refractivity contribution in [2.75, 3.05) is 18.5 Å². The number of aliphatic hydroxyl groups is 1. The first-order valence-corrected chi connectivity index (χ1v) is 14.9. The molecule has 0 unspecified atom stereocenters. The van der Waals surface area contributed by atoms with Crippen LogP contribution in [0.25, 0.3) is 22.2 Å². The van der Waals surface area contributed by atoms with Gasteiger partial charge in [-0.2, -0.15) is 13.2 Å². The number of anilines is 1. The summed E-state index contributed by atoms with van der Waals surface area (Å²) in [5.41, 5.74) is -2.95.